The zero-order valence-electron chi connectivity index (χ0n) is 12.2. The molecule has 5 nitrogen and oxygen atoms in total. The molecule has 1 aromatic rings. The van der Waals surface area contributed by atoms with Crippen LogP contribution >= 0.6 is 23.2 Å². The average molecular weight is 350 g/mol. The Morgan fingerprint density at radius 1 is 1.35 bits per heavy atom. The number of amidine groups is 1. The number of carbonyl (C=O) groups is 2. The number of carbonyl (C=O) groups excluding carboxylic acids is 2. The quantitative estimate of drug-likeness (QED) is 0.889. The molecule has 0 fully saturated rings. The molecule has 0 radical (unpaired) electrons. The second-order valence-corrected chi connectivity index (χ2v) is 6.31. The SMILES string of the molecule is CC1(C(=O)Nc2cc(Cl)ccc2Cl)CC(=O)N=C2C=CC=CN21. The Bertz CT molecular complexity index is 786. The van der Waals surface area contributed by atoms with Crippen LogP contribution in [0, 0.1) is 0 Å². The number of amides is 2. The fourth-order valence-corrected chi connectivity index (χ4v) is 2.87. The van der Waals surface area contributed by atoms with Gasteiger partial charge in [-0.25, -0.2) is 0 Å². The maximum Gasteiger partial charge on any atom is 0.250 e. The van der Waals surface area contributed by atoms with Gasteiger partial charge in [0.2, 0.25) is 0 Å². The lowest BCUT2D eigenvalue weighted by atomic mass is 9.91. The molecule has 0 bridgehead atoms. The molecule has 0 saturated carbocycles. The van der Waals surface area contributed by atoms with Crippen molar-refractivity contribution in [2.45, 2.75) is 18.9 Å². The molecule has 1 N–H and O–H groups in total. The first-order chi connectivity index (χ1) is 10.9. The van der Waals surface area contributed by atoms with Gasteiger partial charge in [-0.15, -0.1) is 0 Å². The summed E-state index contributed by atoms with van der Waals surface area (Å²) in [4.78, 5) is 30.4. The van der Waals surface area contributed by atoms with E-state index >= 15 is 0 Å². The van der Waals surface area contributed by atoms with Crippen LogP contribution in [0.5, 0.6) is 0 Å². The van der Waals surface area contributed by atoms with Gasteiger partial charge in [-0.1, -0.05) is 29.3 Å². The topological polar surface area (TPSA) is 61.8 Å². The molecule has 3 rings (SSSR count). The normalized spacial score (nSPS) is 22.7. The van der Waals surface area contributed by atoms with Crippen molar-refractivity contribution in [3.8, 4) is 0 Å². The number of nitrogens with one attached hydrogen (secondary N) is 1. The molecular weight excluding hydrogens is 337 g/mol. The number of allylic oxidation sites excluding steroid dienone is 2. The van der Waals surface area contributed by atoms with Crippen molar-refractivity contribution in [2.75, 3.05) is 5.32 Å². The summed E-state index contributed by atoms with van der Waals surface area (Å²) in [6.07, 6.45) is 6.94. The summed E-state index contributed by atoms with van der Waals surface area (Å²) in [5, 5.41) is 3.58. The van der Waals surface area contributed by atoms with Gasteiger partial charge in [0.1, 0.15) is 11.4 Å². The highest BCUT2D eigenvalue weighted by Gasteiger charge is 2.45. The van der Waals surface area contributed by atoms with Gasteiger partial charge >= 0.3 is 0 Å². The molecule has 1 unspecified atom stereocenters. The van der Waals surface area contributed by atoms with Crippen LogP contribution in [0.15, 0.2) is 47.6 Å². The highest BCUT2D eigenvalue weighted by molar-refractivity contribution is 6.35. The first kappa shape index (κ1) is 15.8. The molecule has 2 aliphatic heterocycles. The molecule has 1 atom stereocenters. The van der Waals surface area contributed by atoms with Crippen LogP contribution in [-0.4, -0.2) is 28.1 Å². The molecule has 0 saturated heterocycles. The lowest BCUT2D eigenvalue weighted by molar-refractivity contribution is -0.130. The summed E-state index contributed by atoms with van der Waals surface area (Å²) < 4.78 is 0. The Balaban J connectivity index is 1.93. The molecule has 0 aliphatic carbocycles. The molecule has 0 spiro atoms. The molecule has 2 aliphatic rings. The number of anilines is 1. The van der Waals surface area contributed by atoms with Gasteiger partial charge in [0.15, 0.2) is 0 Å². The van der Waals surface area contributed by atoms with E-state index in [2.05, 4.69) is 10.3 Å². The van der Waals surface area contributed by atoms with Crippen LogP contribution in [0.1, 0.15) is 13.3 Å². The van der Waals surface area contributed by atoms with Gasteiger partial charge in [-0.05, 0) is 37.3 Å². The Labute approximate surface area is 143 Å². The minimum atomic E-state index is -1.10. The second kappa shape index (κ2) is 5.83. The van der Waals surface area contributed by atoms with Crippen molar-refractivity contribution in [2.24, 2.45) is 4.99 Å². The number of nitrogens with zero attached hydrogens (tertiary/aromatic N) is 2. The van der Waals surface area contributed by atoms with Gasteiger partial charge in [0, 0.05) is 11.2 Å². The Kier molecular flexibility index (Phi) is 4.00. The fraction of sp³-hybridized carbons (Fsp3) is 0.188. The summed E-state index contributed by atoms with van der Waals surface area (Å²) in [5.74, 6) is -0.257. The van der Waals surface area contributed by atoms with Crippen LogP contribution < -0.4 is 5.32 Å². The van der Waals surface area contributed by atoms with E-state index in [0.717, 1.165) is 0 Å². The smallest absolute Gasteiger partial charge is 0.250 e. The number of aliphatic imine (C=N–C) groups is 1. The molecule has 23 heavy (non-hydrogen) atoms. The number of rotatable bonds is 2. The van der Waals surface area contributed by atoms with Crippen molar-refractivity contribution < 1.29 is 9.59 Å². The molecular formula is C16H13Cl2N3O2. The van der Waals surface area contributed by atoms with Crippen molar-refractivity contribution in [1.29, 1.82) is 0 Å². The van der Waals surface area contributed by atoms with Crippen LogP contribution in [0.2, 0.25) is 10.0 Å². The highest BCUT2D eigenvalue weighted by atomic mass is 35.5. The molecule has 118 valence electrons. The number of benzene rings is 1. The molecule has 2 heterocycles. The van der Waals surface area contributed by atoms with Crippen LogP contribution in [0.4, 0.5) is 5.69 Å². The van der Waals surface area contributed by atoms with Crippen LogP contribution in [-0.2, 0) is 9.59 Å². The van der Waals surface area contributed by atoms with Gasteiger partial charge in [-0.3, -0.25) is 9.59 Å². The van der Waals surface area contributed by atoms with E-state index in [0.29, 0.717) is 21.6 Å². The predicted molar refractivity (Wildman–Crippen MR) is 90.7 cm³/mol. The Hall–Kier alpha value is -2.11. The molecule has 7 heteroatoms. The summed E-state index contributed by atoms with van der Waals surface area (Å²) in [7, 11) is 0. The zero-order valence-corrected chi connectivity index (χ0v) is 13.7. The molecule has 0 aromatic heterocycles. The van der Waals surface area contributed by atoms with Gasteiger partial charge in [0.05, 0.1) is 17.1 Å². The van der Waals surface area contributed by atoms with E-state index in [4.69, 9.17) is 23.2 Å². The van der Waals surface area contributed by atoms with E-state index in [1.807, 2.05) is 0 Å². The molecule has 1 aromatic carbocycles. The van der Waals surface area contributed by atoms with E-state index in [1.165, 1.54) is 0 Å². The summed E-state index contributed by atoms with van der Waals surface area (Å²) in [6.45, 7) is 1.69. The maximum atomic E-state index is 12.8. The van der Waals surface area contributed by atoms with E-state index < -0.39 is 5.54 Å². The number of halogens is 2. The minimum Gasteiger partial charge on any atom is -0.323 e. The summed E-state index contributed by atoms with van der Waals surface area (Å²) >= 11 is 12.0. The highest BCUT2D eigenvalue weighted by Crippen LogP contribution is 2.31. The fourth-order valence-electron chi connectivity index (χ4n) is 2.53. The number of hydrogen-bond donors (Lipinski definition) is 1. The minimum absolute atomic E-state index is 0.0291. The zero-order chi connectivity index (χ0) is 16.6. The van der Waals surface area contributed by atoms with Gasteiger partial charge < -0.3 is 10.2 Å². The third-order valence-corrected chi connectivity index (χ3v) is 4.34. The van der Waals surface area contributed by atoms with Gasteiger partial charge in [-0.2, -0.15) is 4.99 Å². The first-order valence-corrected chi connectivity index (χ1v) is 7.68. The number of fused-ring (bicyclic) bond motifs is 1. The van der Waals surface area contributed by atoms with E-state index in [-0.39, 0.29) is 18.2 Å². The third kappa shape index (κ3) is 2.90. The average Bonchev–Trinajstić information content (AvgIpc) is 2.50. The standard InChI is InChI=1S/C16H13Cl2N3O2/c1-16(9-14(22)20-13-4-2-3-7-21(13)16)15(23)19-12-8-10(17)5-6-11(12)18/h2-8H,9H2,1H3,(H,19,23). The Morgan fingerprint density at radius 2 is 2.13 bits per heavy atom. The summed E-state index contributed by atoms with van der Waals surface area (Å²) in [6, 6.07) is 4.80. The van der Waals surface area contributed by atoms with Gasteiger partial charge in [0.25, 0.3) is 11.8 Å². The first-order valence-electron chi connectivity index (χ1n) is 6.92. The predicted octanol–water partition coefficient (Wildman–Crippen LogP) is 3.40. The second-order valence-electron chi connectivity index (χ2n) is 5.46. The monoisotopic (exact) mass is 349 g/mol. The van der Waals surface area contributed by atoms with Crippen molar-refractivity contribution in [1.82, 2.24) is 4.90 Å². The van der Waals surface area contributed by atoms with Crippen molar-refractivity contribution in [3.63, 3.8) is 0 Å². The third-order valence-electron chi connectivity index (χ3n) is 3.77. The van der Waals surface area contributed by atoms with Crippen molar-refractivity contribution >= 4 is 46.5 Å². The maximum absolute atomic E-state index is 12.8. The van der Waals surface area contributed by atoms with E-state index in [1.54, 1.807) is 54.5 Å². The lowest BCUT2D eigenvalue weighted by Crippen LogP contribution is -2.58. The van der Waals surface area contributed by atoms with Crippen LogP contribution in [0.25, 0.3) is 0 Å². The Morgan fingerprint density at radius 3 is 2.91 bits per heavy atom. The lowest BCUT2D eigenvalue weighted by Gasteiger charge is -2.41. The van der Waals surface area contributed by atoms with Crippen molar-refractivity contribution in [3.05, 3.63) is 52.7 Å². The molecule has 2 amide bonds. The largest absolute Gasteiger partial charge is 0.323 e. The number of hydrogen-bond acceptors (Lipinski definition) is 3. The van der Waals surface area contributed by atoms with Crippen LogP contribution in [0.3, 0.4) is 0 Å². The summed E-state index contributed by atoms with van der Waals surface area (Å²) in [5.41, 5.74) is -0.695. The van der Waals surface area contributed by atoms with E-state index in [9.17, 15) is 9.59 Å².